The molecule has 1 heterocycles. The van der Waals surface area contributed by atoms with Crippen LogP contribution in [-0.4, -0.2) is 29.3 Å². The van der Waals surface area contributed by atoms with E-state index in [0.717, 1.165) is 10.9 Å². The smallest absolute Gasteiger partial charge is 0.337 e. The number of fused-ring (bicyclic) bond motifs is 1. The molecule has 0 bridgehead atoms. The quantitative estimate of drug-likeness (QED) is 0.451. The van der Waals surface area contributed by atoms with Crippen molar-refractivity contribution >= 4 is 34.3 Å². The Labute approximate surface area is 144 Å². The van der Waals surface area contributed by atoms with Gasteiger partial charge in [0.2, 0.25) is 0 Å². The third-order valence-electron chi connectivity index (χ3n) is 3.91. The fourth-order valence-electron chi connectivity index (χ4n) is 2.64. The number of esters is 1. The number of carbonyl (C=O) groups excluding carboxylic acids is 3. The van der Waals surface area contributed by atoms with Crippen LogP contribution in [0.4, 0.5) is 5.69 Å². The zero-order valence-electron chi connectivity index (χ0n) is 13.8. The molecule has 0 saturated carbocycles. The van der Waals surface area contributed by atoms with Gasteiger partial charge in [-0.15, -0.1) is 0 Å². The number of nitrogens with one attached hydrogen (secondary N) is 1. The summed E-state index contributed by atoms with van der Waals surface area (Å²) in [6.45, 7) is 0. The average molecular weight is 336 g/mol. The monoisotopic (exact) mass is 336 g/mol. The fourth-order valence-corrected chi connectivity index (χ4v) is 2.64. The van der Waals surface area contributed by atoms with Gasteiger partial charge in [0.05, 0.1) is 18.2 Å². The number of aromatic nitrogens is 1. The van der Waals surface area contributed by atoms with Crippen molar-refractivity contribution in [3.8, 4) is 0 Å². The highest BCUT2D eigenvalue weighted by atomic mass is 16.5. The minimum absolute atomic E-state index is 0.349. The van der Waals surface area contributed by atoms with Crippen molar-refractivity contribution in [1.82, 2.24) is 4.57 Å². The van der Waals surface area contributed by atoms with Crippen LogP contribution in [0, 0.1) is 0 Å². The molecule has 0 radical (unpaired) electrons. The molecular weight excluding hydrogens is 320 g/mol. The van der Waals surface area contributed by atoms with Crippen LogP contribution in [0.3, 0.4) is 0 Å². The summed E-state index contributed by atoms with van der Waals surface area (Å²) in [6, 6.07) is 13.5. The van der Waals surface area contributed by atoms with Crippen molar-refractivity contribution in [2.45, 2.75) is 0 Å². The molecule has 3 aromatic rings. The molecule has 2 aromatic carbocycles. The average Bonchev–Trinajstić information content (AvgIpc) is 2.98. The van der Waals surface area contributed by atoms with Gasteiger partial charge in [0.1, 0.15) is 0 Å². The molecule has 1 amide bonds. The van der Waals surface area contributed by atoms with Gasteiger partial charge in [-0.05, 0) is 30.3 Å². The Morgan fingerprint density at radius 2 is 1.68 bits per heavy atom. The molecule has 0 fully saturated rings. The Hall–Kier alpha value is -3.41. The standard InChI is InChI=1S/C19H16N2O4/c1-21-11-15(14-5-3-4-6-16(14)21)17(22)18(23)20-13-9-7-12(8-10-13)19(24)25-2/h3-11H,1-2H3,(H,20,23). The van der Waals surface area contributed by atoms with Crippen LogP contribution in [0.15, 0.2) is 54.7 Å². The normalized spacial score (nSPS) is 10.5. The summed E-state index contributed by atoms with van der Waals surface area (Å²) in [4.78, 5) is 36.2. The van der Waals surface area contributed by atoms with E-state index in [4.69, 9.17) is 0 Å². The lowest BCUT2D eigenvalue weighted by Crippen LogP contribution is -2.22. The molecule has 126 valence electrons. The van der Waals surface area contributed by atoms with Crippen molar-refractivity contribution in [3.63, 3.8) is 0 Å². The summed E-state index contributed by atoms with van der Waals surface area (Å²) in [6.07, 6.45) is 1.65. The van der Waals surface area contributed by atoms with E-state index in [1.807, 2.05) is 25.2 Å². The number of amides is 1. The van der Waals surface area contributed by atoms with Crippen molar-refractivity contribution in [3.05, 3.63) is 65.9 Å². The van der Waals surface area contributed by atoms with Crippen molar-refractivity contribution < 1.29 is 19.1 Å². The highest BCUT2D eigenvalue weighted by Gasteiger charge is 2.21. The van der Waals surface area contributed by atoms with Crippen molar-refractivity contribution in [2.75, 3.05) is 12.4 Å². The molecule has 0 spiro atoms. The number of hydrogen-bond donors (Lipinski definition) is 1. The molecule has 0 aliphatic heterocycles. The first-order valence-electron chi connectivity index (χ1n) is 7.59. The number of benzene rings is 2. The van der Waals surface area contributed by atoms with Crippen molar-refractivity contribution in [1.29, 1.82) is 0 Å². The summed E-state index contributed by atoms with van der Waals surface area (Å²) in [7, 11) is 3.11. The molecule has 0 unspecified atom stereocenters. The predicted molar refractivity (Wildman–Crippen MR) is 93.7 cm³/mol. The van der Waals surface area contributed by atoms with E-state index in [0.29, 0.717) is 16.8 Å². The highest BCUT2D eigenvalue weighted by molar-refractivity contribution is 6.48. The molecule has 6 heteroatoms. The van der Waals surface area contributed by atoms with Crippen LogP contribution in [0.2, 0.25) is 0 Å². The molecule has 1 N–H and O–H groups in total. The second-order valence-electron chi connectivity index (χ2n) is 5.52. The number of para-hydroxylation sites is 1. The number of carbonyl (C=O) groups is 3. The Kier molecular flexibility index (Phi) is 4.35. The van der Waals surface area contributed by atoms with Gasteiger partial charge in [-0.2, -0.15) is 0 Å². The fraction of sp³-hybridized carbons (Fsp3) is 0.105. The minimum Gasteiger partial charge on any atom is -0.465 e. The summed E-state index contributed by atoms with van der Waals surface area (Å²) in [5.74, 6) is -1.82. The molecule has 0 saturated heterocycles. The van der Waals surface area contributed by atoms with Crippen LogP contribution < -0.4 is 5.32 Å². The van der Waals surface area contributed by atoms with E-state index in [-0.39, 0.29) is 0 Å². The second kappa shape index (κ2) is 6.60. The van der Waals surface area contributed by atoms with E-state index < -0.39 is 17.7 Å². The van der Waals surface area contributed by atoms with Gasteiger partial charge in [-0.3, -0.25) is 9.59 Å². The number of ketones is 1. The van der Waals surface area contributed by atoms with Gasteiger partial charge >= 0.3 is 5.97 Å². The maximum absolute atomic E-state index is 12.5. The molecule has 3 rings (SSSR count). The third-order valence-corrected chi connectivity index (χ3v) is 3.91. The molecule has 1 aromatic heterocycles. The van der Waals surface area contributed by atoms with Crippen LogP contribution in [0.25, 0.3) is 10.9 Å². The number of aryl methyl sites for hydroxylation is 1. The Bertz CT molecular complexity index is 971. The highest BCUT2D eigenvalue weighted by Crippen LogP contribution is 2.21. The molecule has 0 aliphatic carbocycles. The zero-order chi connectivity index (χ0) is 18.0. The van der Waals surface area contributed by atoms with Crippen LogP contribution in [0.5, 0.6) is 0 Å². The van der Waals surface area contributed by atoms with Crippen molar-refractivity contribution in [2.24, 2.45) is 7.05 Å². The summed E-state index contributed by atoms with van der Waals surface area (Å²) in [5, 5.41) is 3.28. The summed E-state index contributed by atoms with van der Waals surface area (Å²) in [5.41, 5.74) is 2.01. The molecule has 0 aliphatic rings. The third kappa shape index (κ3) is 3.14. The number of nitrogens with zero attached hydrogens (tertiary/aromatic N) is 1. The van der Waals surface area contributed by atoms with Gasteiger partial charge in [-0.1, -0.05) is 18.2 Å². The van der Waals surface area contributed by atoms with Gasteiger partial charge in [0.25, 0.3) is 11.7 Å². The first-order valence-corrected chi connectivity index (χ1v) is 7.59. The molecular formula is C19H16N2O4. The maximum atomic E-state index is 12.5. The van der Waals surface area contributed by atoms with Crippen LogP contribution in [-0.2, 0) is 16.6 Å². The number of anilines is 1. The second-order valence-corrected chi connectivity index (χ2v) is 5.52. The maximum Gasteiger partial charge on any atom is 0.337 e. The molecule has 6 nitrogen and oxygen atoms in total. The van der Waals surface area contributed by atoms with E-state index >= 15 is 0 Å². The van der Waals surface area contributed by atoms with Crippen LogP contribution >= 0.6 is 0 Å². The largest absolute Gasteiger partial charge is 0.465 e. The lowest BCUT2D eigenvalue weighted by Gasteiger charge is -2.05. The lowest BCUT2D eigenvalue weighted by molar-refractivity contribution is -0.112. The van der Waals surface area contributed by atoms with Gasteiger partial charge in [-0.25, -0.2) is 4.79 Å². The topological polar surface area (TPSA) is 77.4 Å². The number of ether oxygens (including phenoxy) is 1. The Morgan fingerprint density at radius 1 is 1.00 bits per heavy atom. The van der Waals surface area contributed by atoms with E-state index in [2.05, 4.69) is 10.1 Å². The first-order chi connectivity index (χ1) is 12.0. The Morgan fingerprint density at radius 3 is 2.36 bits per heavy atom. The van der Waals surface area contributed by atoms with Gasteiger partial charge in [0, 0.05) is 29.8 Å². The molecule has 0 atom stereocenters. The minimum atomic E-state index is -0.734. The zero-order valence-corrected chi connectivity index (χ0v) is 13.8. The van der Waals surface area contributed by atoms with E-state index in [1.165, 1.54) is 19.2 Å². The number of methoxy groups -OCH3 is 1. The van der Waals surface area contributed by atoms with Crippen LogP contribution in [0.1, 0.15) is 20.7 Å². The SMILES string of the molecule is COC(=O)c1ccc(NC(=O)C(=O)c2cn(C)c3ccccc23)cc1. The van der Waals surface area contributed by atoms with E-state index in [1.54, 1.807) is 29.0 Å². The number of rotatable bonds is 4. The predicted octanol–water partition coefficient (Wildman–Crippen LogP) is 2.79. The summed E-state index contributed by atoms with van der Waals surface area (Å²) >= 11 is 0. The molecule has 25 heavy (non-hydrogen) atoms. The number of Topliss-reactive ketones (excluding diaryl/α,β-unsaturated/α-hetero) is 1. The lowest BCUT2D eigenvalue weighted by atomic mass is 10.1. The number of hydrogen-bond acceptors (Lipinski definition) is 4. The Balaban J connectivity index is 1.81. The van der Waals surface area contributed by atoms with E-state index in [9.17, 15) is 14.4 Å². The van der Waals surface area contributed by atoms with Gasteiger partial charge < -0.3 is 14.6 Å². The summed E-state index contributed by atoms with van der Waals surface area (Å²) < 4.78 is 6.42. The first kappa shape index (κ1) is 16.4. The van der Waals surface area contributed by atoms with Gasteiger partial charge in [0.15, 0.2) is 0 Å².